The lowest BCUT2D eigenvalue weighted by atomic mass is 10.1. The van der Waals surface area contributed by atoms with E-state index in [1.807, 2.05) is 11.8 Å². The maximum atomic E-state index is 12.5. The van der Waals surface area contributed by atoms with Crippen LogP contribution in [0.3, 0.4) is 0 Å². The summed E-state index contributed by atoms with van der Waals surface area (Å²) in [6.45, 7) is 6.53. The highest BCUT2D eigenvalue weighted by Crippen LogP contribution is 2.21. The normalized spacial score (nSPS) is 17.5. The van der Waals surface area contributed by atoms with Crippen LogP contribution < -0.4 is 5.73 Å². The van der Waals surface area contributed by atoms with E-state index in [4.69, 9.17) is 18.0 Å². The number of hydrogen-bond donors (Lipinski definition) is 2. The molecule has 21 heavy (non-hydrogen) atoms. The van der Waals surface area contributed by atoms with Crippen LogP contribution in [-0.2, 0) is 0 Å². The number of nitrogens with zero attached hydrogens (tertiary/aromatic N) is 2. The van der Waals surface area contributed by atoms with Crippen LogP contribution in [0.2, 0.25) is 0 Å². The maximum Gasteiger partial charge on any atom is 0.254 e. The Balaban J connectivity index is 2.04. The fraction of sp³-hybridized carbons (Fsp3) is 0.467. The van der Waals surface area contributed by atoms with Gasteiger partial charge in [0.05, 0.1) is 11.0 Å². The summed E-state index contributed by atoms with van der Waals surface area (Å²) in [4.78, 5) is 17.0. The predicted molar refractivity (Wildman–Crippen MR) is 86.6 cm³/mol. The summed E-state index contributed by atoms with van der Waals surface area (Å²) in [5.74, 6) is 0.118. The van der Waals surface area contributed by atoms with Crippen molar-refractivity contribution in [3.05, 3.63) is 29.3 Å². The van der Waals surface area contributed by atoms with Gasteiger partial charge in [0.1, 0.15) is 5.75 Å². The maximum absolute atomic E-state index is 12.5. The summed E-state index contributed by atoms with van der Waals surface area (Å²) in [6.07, 6.45) is 0. The highest BCUT2D eigenvalue weighted by Gasteiger charge is 2.26. The van der Waals surface area contributed by atoms with Gasteiger partial charge in [0.2, 0.25) is 0 Å². The van der Waals surface area contributed by atoms with Crippen molar-refractivity contribution in [2.75, 3.05) is 26.2 Å². The third-order valence-corrected chi connectivity index (χ3v) is 4.44. The average Bonchev–Trinajstić information content (AvgIpc) is 2.48. The van der Waals surface area contributed by atoms with Gasteiger partial charge in [0.25, 0.3) is 5.91 Å². The first-order chi connectivity index (χ1) is 9.91. The minimum Gasteiger partial charge on any atom is -0.508 e. The van der Waals surface area contributed by atoms with E-state index in [0.717, 1.165) is 13.1 Å². The molecule has 1 aromatic rings. The topological polar surface area (TPSA) is 69.8 Å². The van der Waals surface area contributed by atoms with E-state index < -0.39 is 0 Å². The molecule has 1 amide bonds. The van der Waals surface area contributed by atoms with Crippen molar-refractivity contribution in [1.29, 1.82) is 0 Å². The minimum absolute atomic E-state index is 0.0361. The van der Waals surface area contributed by atoms with E-state index in [-0.39, 0.29) is 17.7 Å². The van der Waals surface area contributed by atoms with Crippen LogP contribution in [0, 0.1) is 6.92 Å². The first kappa shape index (κ1) is 15.7. The molecule has 6 heteroatoms. The lowest BCUT2D eigenvalue weighted by molar-refractivity contribution is 0.0620. The predicted octanol–water partition coefficient (Wildman–Crippen LogP) is 1.13. The summed E-state index contributed by atoms with van der Waals surface area (Å²) < 4.78 is 0. The summed E-state index contributed by atoms with van der Waals surface area (Å²) >= 11 is 5.02. The molecule has 5 nitrogen and oxygen atoms in total. The van der Waals surface area contributed by atoms with E-state index >= 15 is 0 Å². The van der Waals surface area contributed by atoms with Gasteiger partial charge in [0, 0.05) is 37.3 Å². The molecule has 1 aromatic carbocycles. The third-order valence-electron chi connectivity index (χ3n) is 4.10. The minimum atomic E-state index is -0.0361. The molecular formula is C15H21N3O2S. The number of hydrogen-bond acceptors (Lipinski definition) is 4. The van der Waals surface area contributed by atoms with Crippen molar-refractivity contribution < 1.29 is 9.90 Å². The zero-order chi connectivity index (χ0) is 15.6. The van der Waals surface area contributed by atoms with Crippen molar-refractivity contribution in [2.45, 2.75) is 19.9 Å². The molecule has 1 unspecified atom stereocenters. The number of piperazine rings is 1. The Bertz CT molecular complexity index is 554. The fourth-order valence-corrected chi connectivity index (χ4v) is 2.67. The van der Waals surface area contributed by atoms with E-state index in [0.29, 0.717) is 29.2 Å². The van der Waals surface area contributed by atoms with Crippen LogP contribution in [0.25, 0.3) is 0 Å². The number of benzene rings is 1. The molecule has 0 aliphatic carbocycles. The average molecular weight is 307 g/mol. The largest absolute Gasteiger partial charge is 0.508 e. The standard InChI is InChI=1S/C15H21N3O2S/c1-10-12(4-3-5-13(10)19)15(20)18-8-6-17(7-9-18)11(2)14(16)21/h3-5,11,19H,6-9H2,1-2H3,(H2,16,21). The quantitative estimate of drug-likeness (QED) is 0.819. The van der Waals surface area contributed by atoms with Crippen LogP contribution in [0.5, 0.6) is 5.75 Å². The van der Waals surface area contributed by atoms with Gasteiger partial charge in [0.15, 0.2) is 0 Å². The molecule has 1 fully saturated rings. The third kappa shape index (κ3) is 3.33. The molecule has 0 aromatic heterocycles. The number of phenols is 1. The second-order valence-corrected chi connectivity index (χ2v) is 5.83. The Hall–Kier alpha value is -1.66. The van der Waals surface area contributed by atoms with Crippen molar-refractivity contribution in [1.82, 2.24) is 9.80 Å². The molecule has 0 radical (unpaired) electrons. The molecule has 114 valence electrons. The first-order valence-corrected chi connectivity index (χ1v) is 7.44. The van der Waals surface area contributed by atoms with Gasteiger partial charge in [-0.3, -0.25) is 9.69 Å². The van der Waals surface area contributed by atoms with Gasteiger partial charge in [-0.25, -0.2) is 0 Å². The van der Waals surface area contributed by atoms with E-state index in [2.05, 4.69) is 4.90 Å². The number of nitrogens with two attached hydrogens (primary N) is 1. The molecule has 1 heterocycles. The highest BCUT2D eigenvalue weighted by molar-refractivity contribution is 7.80. The molecule has 1 saturated heterocycles. The van der Waals surface area contributed by atoms with Gasteiger partial charge in [-0.15, -0.1) is 0 Å². The Morgan fingerprint density at radius 3 is 2.52 bits per heavy atom. The number of thiocarbonyl (C=S) groups is 1. The van der Waals surface area contributed by atoms with Crippen LogP contribution in [-0.4, -0.2) is 58.0 Å². The monoisotopic (exact) mass is 307 g/mol. The number of carbonyl (C=O) groups is 1. The van der Waals surface area contributed by atoms with Crippen LogP contribution in [0.4, 0.5) is 0 Å². The molecule has 1 aliphatic heterocycles. The molecule has 0 spiro atoms. The Morgan fingerprint density at radius 1 is 1.33 bits per heavy atom. The van der Waals surface area contributed by atoms with Gasteiger partial charge in [-0.05, 0) is 26.0 Å². The fourth-order valence-electron chi connectivity index (χ4n) is 2.52. The van der Waals surface area contributed by atoms with Gasteiger partial charge in [-0.1, -0.05) is 18.3 Å². The number of carbonyl (C=O) groups excluding carboxylic acids is 1. The summed E-state index contributed by atoms with van der Waals surface area (Å²) in [5.41, 5.74) is 6.86. The van der Waals surface area contributed by atoms with Gasteiger partial charge < -0.3 is 15.7 Å². The number of amides is 1. The number of rotatable bonds is 3. The SMILES string of the molecule is Cc1c(O)cccc1C(=O)N1CCN(C(C)C(N)=S)CC1. The van der Waals surface area contributed by atoms with E-state index in [1.54, 1.807) is 25.1 Å². The first-order valence-electron chi connectivity index (χ1n) is 7.03. The van der Waals surface area contributed by atoms with Crippen molar-refractivity contribution in [2.24, 2.45) is 5.73 Å². The molecule has 0 saturated carbocycles. The molecule has 2 rings (SSSR count). The number of aromatic hydroxyl groups is 1. The zero-order valence-corrected chi connectivity index (χ0v) is 13.2. The number of phenolic OH excluding ortho intramolecular Hbond substituents is 1. The lowest BCUT2D eigenvalue weighted by Crippen LogP contribution is -2.54. The van der Waals surface area contributed by atoms with E-state index in [1.165, 1.54) is 0 Å². The van der Waals surface area contributed by atoms with Gasteiger partial charge in [-0.2, -0.15) is 0 Å². The molecule has 1 atom stereocenters. The van der Waals surface area contributed by atoms with Crippen LogP contribution in [0.1, 0.15) is 22.8 Å². The second kappa shape index (κ2) is 6.41. The summed E-state index contributed by atoms with van der Waals surface area (Å²) in [6, 6.07) is 5.09. The molecule has 0 bridgehead atoms. The van der Waals surface area contributed by atoms with Crippen molar-refractivity contribution in [3.63, 3.8) is 0 Å². The van der Waals surface area contributed by atoms with Crippen molar-refractivity contribution >= 4 is 23.1 Å². The second-order valence-electron chi connectivity index (χ2n) is 5.36. The highest BCUT2D eigenvalue weighted by atomic mass is 32.1. The van der Waals surface area contributed by atoms with Crippen molar-refractivity contribution in [3.8, 4) is 5.75 Å². The Labute approximate surface area is 130 Å². The summed E-state index contributed by atoms with van der Waals surface area (Å²) in [7, 11) is 0. The van der Waals surface area contributed by atoms with Crippen LogP contribution in [0.15, 0.2) is 18.2 Å². The Morgan fingerprint density at radius 2 is 1.95 bits per heavy atom. The smallest absolute Gasteiger partial charge is 0.254 e. The molecule has 3 N–H and O–H groups in total. The van der Waals surface area contributed by atoms with Gasteiger partial charge >= 0.3 is 0 Å². The van der Waals surface area contributed by atoms with Crippen LogP contribution >= 0.6 is 12.2 Å². The summed E-state index contributed by atoms with van der Waals surface area (Å²) in [5, 5.41) is 9.72. The zero-order valence-electron chi connectivity index (χ0n) is 12.4. The lowest BCUT2D eigenvalue weighted by Gasteiger charge is -2.37. The van der Waals surface area contributed by atoms with E-state index in [9.17, 15) is 9.90 Å². The molecular weight excluding hydrogens is 286 g/mol. The molecule has 1 aliphatic rings. The Kier molecular flexibility index (Phi) is 4.80.